The molecule has 1 aliphatic rings. The molecule has 4 N–H and O–H groups in total. The molecule has 0 aromatic carbocycles. The molecule has 1 fully saturated rings. The van der Waals surface area contributed by atoms with Crippen LogP contribution in [0.3, 0.4) is 0 Å². The Bertz CT molecular complexity index is 422. The van der Waals surface area contributed by atoms with Gasteiger partial charge in [-0.1, -0.05) is 0 Å². The number of hydrogen-bond acceptors (Lipinski definition) is 4. The van der Waals surface area contributed by atoms with Crippen molar-refractivity contribution >= 4 is 22.0 Å². The second-order valence-electron chi connectivity index (χ2n) is 4.30. The Hall–Kier alpha value is -1.35. The molecular weight excluding hydrogens is 262 g/mol. The minimum absolute atomic E-state index is 0.0357. The maximum absolute atomic E-state index is 11.6. The molecule has 1 atom stereocenters. The van der Waals surface area contributed by atoms with E-state index in [0.29, 0.717) is 19.5 Å². The maximum Gasteiger partial charge on any atom is 0.317 e. The number of urea groups is 1. The molecule has 1 saturated heterocycles. The largest absolute Gasteiger partial charge is 0.481 e. The molecule has 9 heteroatoms. The molecule has 1 rings (SSSR count). The van der Waals surface area contributed by atoms with Gasteiger partial charge in [0.25, 0.3) is 0 Å². The van der Waals surface area contributed by atoms with Gasteiger partial charge in [-0.2, -0.15) is 0 Å². The van der Waals surface area contributed by atoms with Gasteiger partial charge in [0.15, 0.2) is 0 Å². The van der Waals surface area contributed by atoms with Crippen LogP contribution in [-0.4, -0.2) is 55.8 Å². The lowest BCUT2D eigenvalue weighted by molar-refractivity contribution is -0.138. The summed E-state index contributed by atoms with van der Waals surface area (Å²) in [7, 11) is -3.58. The number of nitrogens with two attached hydrogens (primary N) is 1. The Balaban J connectivity index is 2.30. The number of carbonyl (C=O) groups is 2. The average Bonchev–Trinajstić information content (AvgIpc) is 2.63. The number of primary sulfonamides is 1. The fourth-order valence-corrected chi connectivity index (χ4v) is 2.23. The number of likely N-dealkylation sites (tertiary alicyclic amines) is 1. The van der Waals surface area contributed by atoms with Gasteiger partial charge in [0.1, 0.15) is 0 Å². The third kappa shape index (κ3) is 5.32. The summed E-state index contributed by atoms with van der Waals surface area (Å²) in [5.41, 5.74) is 0. The standard InChI is InChI=1S/C9H17N3O5S/c10-18(16,17)4-2-11-9(15)12-3-1-7(6-12)5-8(13)14/h7H,1-6H2,(H,11,15)(H,13,14)(H2,10,16,17). The van der Waals surface area contributed by atoms with Crippen LogP contribution in [0.1, 0.15) is 12.8 Å². The third-order valence-corrected chi connectivity index (χ3v) is 3.47. The van der Waals surface area contributed by atoms with E-state index in [2.05, 4.69) is 5.32 Å². The summed E-state index contributed by atoms with van der Waals surface area (Å²) in [4.78, 5) is 23.6. The maximum atomic E-state index is 11.6. The van der Waals surface area contributed by atoms with Gasteiger partial charge >= 0.3 is 12.0 Å². The lowest BCUT2D eigenvalue weighted by atomic mass is 10.1. The SMILES string of the molecule is NS(=O)(=O)CCNC(=O)N1CCC(CC(=O)O)C1. The Morgan fingerprint density at radius 1 is 1.44 bits per heavy atom. The highest BCUT2D eigenvalue weighted by Gasteiger charge is 2.27. The molecule has 1 aliphatic heterocycles. The molecule has 104 valence electrons. The molecule has 0 saturated carbocycles. The Labute approximate surface area is 105 Å². The smallest absolute Gasteiger partial charge is 0.317 e. The van der Waals surface area contributed by atoms with Crippen molar-refractivity contribution in [1.82, 2.24) is 10.2 Å². The topological polar surface area (TPSA) is 130 Å². The van der Waals surface area contributed by atoms with E-state index in [-0.39, 0.29) is 30.7 Å². The van der Waals surface area contributed by atoms with E-state index in [0.717, 1.165) is 0 Å². The van der Waals surface area contributed by atoms with Crippen LogP contribution in [-0.2, 0) is 14.8 Å². The van der Waals surface area contributed by atoms with E-state index < -0.39 is 16.0 Å². The highest BCUT2D eigenvalue weighted by molar-refractivity contribution is 7.89. The Morgan fingerprint density at radius 3 is 2.67 bits per heavy atom. The lowest BCUT2D eigenvalue weighted by Gasteiger charge is -2.16. The summed E-state index contributed by atoms with van der Waals surface area (Å²) in [5, 5.41) is 15.9. The van der Waals surface area contributed by atoms with Crippen LogP contribution in [0, 0.1) is 5.92 Å². The number of aliphatic carboxylic acids is 1. The van der Waals surface area contributed by atoms with E-state index in [1.165, 1.54) is 4.90 Å². The van der Waals surface area contributed by atoms with Gasteiger partial charge in [-0.25, -0.2) is 18.4 Å². The van der Waals surface area contributed by atoms with Crippen LogP contribution in [0.4, 0.5) is 4.79 Å². The van der Waals surface area contributed by atoms with E-state index in [9.17, 15) is 18.0 Å². The van der Waals surface area contributed by atoms with Crippen LogP contribution in [0.15, 0.2) is 0 Å². The number of nitrogens with one attached hydrogen (secondary N) is 1. The quantitative estimate of drug-likeness (QED) is 0.581. The summed E-state index contributed by atoms with van der Waals surface area (Å²) in [6.45, 7) is 0.824. The summed E-state index contributed by atoms with van der Waals surface area (Å²) in [6, 6.07) is -0.383. The molecule has 18 heavy (non-hydrogen) atoms. The highest BCUT2D eigenvalue weighted by atomic mass is 32.2. The van der Waals surface area contributed by atoms with E-state index in [1.54, 1.807) is 0 Å². The van der Waals surface area contributed by atoms with Crippen molar-refractivity contribution in [2.45, 2.75) is 12.8 Å². The number of carbonyl (C=O) groups excluding carboxylic acids is 1. The summed E-state index contributed by atoms with van der Waals surface area (Å²) < 4.78 is 21.3. The van der Waals surface area contributed by atoms with E-state index in [1.807, 2.05) is 0 Å². The number of rotatable bonds is 5. The number of nitrogens with zero attached hydrogens (tertiary/aromatic N) is 1. The zero-order valence-corrected chi connectivity index (χ0v) is 10.6. The number of hydrogen-bond donors (Lipinski definition) is 3. The second kappa shape index (κ2) is 6.01. The molecule has 1 unspecified atom stereocenters. The van der Waals surface area contributed by atoms with Gasteiger partial charge in [0.2, 0.25) is 10.0 Å². The average molecular weight is 279 g/mol. The van der Waals surface area contributed by atoms with Crippen LogP contribution in [0.25, 0.3) is 0 Å². The zero-order valence-electron chi connectivity index (χ0n) is 9.83. The van der Waals surface area contributed by atoms with Crippen molar-refractivity contribution in [3.05, 3.63) is 0 Å². The minimum atomic E-state index is -3.58. The lowest BCUT2D eigenvalue weighted by Crippen LogP contribution is -2.41. The van der Waals surface area contributed by atoms with Crippen molar-refractivity contribution in [3.8, 4) is 0 Å². The number of carboxylic acids is 1. The summed E-state index contributed by atoms with van der Waals surface area (Å²) in [5.74, 6) is -1.23. The first-order valence-electron chi connectivity index (χ1n) is 5.53. The van der Waals surface area contributed by atoms with E-state index in [4.69, 9.17) is 10.2 Å². The first-order valence-corrected chi connectivity index (χ1v) is 7.24. The van der Waals surface area contributed by atoms with Crippen LogP contribution >= 0.6 is 0 Å². The molecule has 0 radical (unpaired) electrons. The molecule has 0 bridgehead atoms. The molecule has 0 aromatic heterocycles. The number of carboxylic acid groups (broad SMARTS) is 1. The van der Waals surface area contributed by atoms with Crippen LogP contribution in [0.5, 0.6) is 0 Å². The van der Waals surface area contributed by atoms with Gasteiger partial charge in [-0.3, -0.25) is 4.79 Å². The predicted octanol–water partition coefficient (Wildman–Crippen LogP) is -1.22. The first-order chi connectivity index (χ1) is 8.28. The van der Waals surface area contributed by atoms with Gasteiger partial charge in [-0.05, 0) is 12.3 Å². The van der Waals surface area contributed by atoms with Crippen molar-refractivity contribution in [2.24, 2.45) is 11.1 Å². The second-order valence-corrected chi connectivity index (χ2v) is 6.03. The Kier molecular flexibility index (Phi) is 4.91. The molecular formula is C9H17N3O5S. The van der Waals surface area contributed by atoms with Gasteiger partial charge in [0, 0.05) is 26.1 Å². The fraction of sp³-hybridized carbons (Fsp3) is 0.778. The molecule has 1 heterocycles. The molecule has 8 nitrogen and oxygen atoms in total. The molecule has 0 spiro atoms. The van der Waals surface area contributed by atoms with Gasteiger partial charge in [-0.15, -0.1) is 0 Å². The van der Waals surface area contributed by atoms with Crippen molar-refractivity contribution < 1.29 is 23.1 Å². The van der Waals surface area contributed by atoms with Gasteiger partial charge < -0.3 is 15.3 Å². The highest BCUT2D eigenvalue weighted by Crippen LogP contribution is 2.19. The fourth-order valence-electron chi connectivity index (χ4n) is 1.84. The van der Waals surface area contributed by atoms with Crippen LogP contribution in [0.2, 0.25) is 0 Å². The molecule has 0 aromatic rings. The number of sulfonamides is 1. The normalized spacial score (nSPS) is 19.8. The first kappa shape index (κ1) is 14.7. The molecule has 2 amide bonds. The zero-order chi connectivity index (χ0) is 13.8. The molecule has 0 aliphatic carbocycles. The number of amides is 2. The van der Waals surface area contributed by atoms with Crippen LogP contribution < -0.4 is 10.5 Å². The Morgan fingerprint density at radius 2 is 2.11 bits per heavy atom. The summed E-state index contributed by atoms with van der Waals surface area (Å²) in [6.07, 6.45) is 0.690. The summed E-state index contributed by atoms with van der Waals surface area (Å²) >= 11 is 0. The van der Waals surface area contributed by atoms with Crippen molar-refractivity contribution in [3.63, 3.8) is 0 Å². The monoisotopic (exact) mass is 279 g/mol. The van der Waals surface area contributed by atoms with Crippen molar-refractivity contribution in [1.29, 1.82) is 0 Å². The third-order valence-electron chi connectivity index (χ3n) is 2.70. The minimum Gasteiger partial charge on any atom is -0.481 e. The van der Waals surface area contributed by atoms with Gasteiger partial charge in [0.05, 0.1) is 5.75 Å². The van der Waals surface area contributed by atoms with E-state index >= 15 is 0 Å². The predicted molar refractivity (Wildman–Crippen MR) is 63.3 cm³/mol. The van der Waals surface area contributed by atoms with Crippen molar-refractivity contribution in [2.75, 3.05) is 25.4 Å².